The number of aryl methyl sites for hydroxylation is 2. The maximum Gasteiger partial charge on any atom is 0.316 e. The predicted octanol–water partition coefficient (Wildman–Crippen LogP) is 1.54. The van der Waals surface area contributed by atoms with Crippen LogP contribution in [0.4, 0.5) is 0 Å². The molecule has 0 radical (unpaired) electrons. The van der Waals surface area contributed by atoms with E-state index in [0.717, 1.165) is 17.9 Å². The van der Waals surface area contributed by atoms with Gasteiger partial charge in [0.25, 0.3) is 5.91 Å². The smallest absolute Gasteiger partial charge is 0.316 e. The Balaban J connectivity index is 1.94. The highest BCUT2D eigenvalue weighted by atomic mass is 16.5. The summed E-state index contributed by atoms with van der Waals surface area (Å²) in [7, 11) is 1.83. The van der Waals surface area contributed by atoms with E-state index in [0.29, 0.717) is 25.4 Å². The van der Waals surface area contributed by atoms with Gasteiger partial charge in [-0.05, 0) is 26.0 Å². The largest absolute Gasteiger partial charge is 0.465 e. The van der Waals surface area contributed by atoms with Crippen molar-refractivity contribution in [3.05, 3.63) is 41.7 Å². The number of imidazole rings is 1. The van der Waals surface area contributed by atoms with Crippen LogP contribution < -0.4 is 0 Å². The van der Waals surface area contributed by atoms with Crippen LogP contribution in [-0.4, -0.2) is 44.0 Å². The predicted molar refractivity (Wildman–Crippen MR) is 87.4 cm³/mol. The number of carbonyl (C=O) groups excluding carboxylic acids is 2. The molecule has 0 N–H and O–H groups in total. The molecule has 24 heavy (non-hydrogen) atoms. The molecule has 0 saturated carbocycles. The zero-order valence-corrected chi connectivity index (χ0v) is 14.2. The fraction of sp³-hybridized carbons (Fsp3) is 0.471. The van der Waals surface area contributed by atoms with Gasteiger partial charge in [0.15, 0.2) is 0 Å². The van der Waals surface area contributed by atoms with Crippen molar-refractivity contribution in [2.24, 2.45) is 7.05 Å². The molecular weight excluding hydrogens is 308 g/mol. The molecule has 1 amide bonds. The van der Waals surface area contributed by atoms with Gasteiger partial charge in [0.05, 0.1) is 30.9 Å². The summed E-state index contributed by atoms with van der Waals surface area (Å²) in [5, 5.41) is 0. The molecule has 1 aliphatic rings. The molecule has 2 aromatic rings. The van der Waals surface area contributed by atoms with E-state index < -0.39 is 5.92 Å². The van der Waals surface area contributed by atoms with Crippen LogP contribution in [0.2, 0.25) is 0 Å². The molecule has 3 rings (SSSR count). The lowest BCUT2D eigenvalue weighted by atomic mass is 9.97. The number of rotatable bonds is 4. The molecule has 2 aromatic heterocycles. The van der Waals surface area contributed by atoms with Crippen LogP contribution in [0.25, 0.3) is 0 Å². The van der Waals surface area contributed by atoms with Crippen LogP contribution in [0.3, 0.4) is 0 Å². The molecule has 7 nitrogen and oxygen atoms in total. The fourth-order valence-corrected chi connectivity index (χ4v) is 3.19. The number of ether oxygens (including phenoxy) is 1. The van der Waals surface area contributed by atoms with Crippen molar-refractivity contribution in [3.63, 3.8) is 0 Å². The molecule has 0 aromatic carbocycles. The van der Waals surface area contributed by atoms with Crippen molar-refractivity contribution < 1.29 is 14.3 Å². The normalized spacial score (nSPS) is 16.8. The highest BCUT2D eigenvalue weighted by Gasteiger charge is 2.37. The van der Waals surface area contributed by atoms with Gasteiger partial charge in [0, 0.05) is 26.3 Å². The van der Waals surface area contributed by atoms with E-state index in [2.05, 4.69) is 4.98 Å². The second kappa shape index (κ2) is 6.51. The third-order valence-electron chi connectivity index (χ3n) is 4.39. The number of aromatic nitrogens is 3. The molecule has 1 atom stereocenters. The number of hydrogen-bond acceptors (Lipinski definition) is 4. The first-order valence-corrected chi connectivity index (χ1v) is 8.17. The third kappa shape index (κ3) is 2.70. The van der Waals surface area contributed by atoms with Gasteiger partial charge in [-0.25, -0.2) is 4.98 Å². The SMILES string of the molecule is CCOC(=O)[C@@H]1CN(C(=O)c2cccn2C)Cc2ncn(CC)c21. The zero-order chi connectivity index (χ0) is 17.3. The Morgan fingerprint density at radius 1 is 1.38 bits per heavy atom. The molecule has 0 fully saturated rings. The Morgan fingerprint density at radius 2 is 2.17 bits per heavy atom. The Morgan fingerprint density at radius 3 is 2.79 bits per heavy atom. The van der Waals surface area contributed by atoms with Crippen molar-refractivity contribution in [1.29, 1.82) is 0 Å². The van der Waals surface area contributed by atoms with Crippen molar-refractivity contribution in [2.45, 2.75) is 32.9 Å². The summed E-state index contributed by atoms with van der Waals surface area (Å²) >= 11 is 0. The first-order valence-electron chi connectivity index (χ1n) is 8.17. The zero-order valence-electron chi connectivity index (χ0n) is 14.2. The fourth-order valence-electron chi connectivity index (χ4n) is 3.19. The van der Waals surface area contributed by atoms with E-state index in [9.17, 15) is 9.59 Å². The number of hydrogen-bond donors (Lipinski definition) is 0. The van der Waals surface area contributed by atoms with Crippen molar-refractivity contribution in [2.75, 3.05) is 13.2 Å². The highest BCUT2D eigenvalue weighted by molar-refractivity contribution is 5.93. The summed E-state index contributed by atoms with van der Waals surface area (Å²) < 4.78 is 8.97. The minimum atomic E-state index is -0.500. The van der Waals surface area contributed by atoms with Crippen molar-refractivity contribution in [3.8, 4) is 0 Å². The molecule has 0 unspecified atom stereocenters. The first kappa shape index (κ1) is 16.3. The summed E-state index contributed by atoms with van der Waals surface area (Å²) in [6.07, 6.45) is 3.56. The lowest BCUT2D eigenvalue weighted by Crippen LogP contribution is -2.42. The molecular formula is C17H22N4O3. The van der Waals surface area contributed by atoms with Gasteiger partial charge >= 0.3 is 5.97 Å². The molecule has 0 saturated heterocycles. The molecule has 1 aliphatic heterocycles. The third-order valence-corrected chi connectivity index (χ3v) is 4.39. The van der Waals surface area contributed by atoms with E-state index in [-0.39, 0.29) is 11.9 Å². The van der Waals surface area contributed by atoms with Gasteiger partial charge in [-0.3, -0.25) is 9.59 Å². The summed E-state index contributed by atoms with van der Waals surface area (Å²) in [5.41, 5.74) is 2.23. The van der Waals surface area contributed by atoms with Gasteiger partial charge in [0.2, 0.25) is 0 Å². The highest BCUT2D eigenvalue weighted by Crippen LogP contribution is 2.30. The lowest BCUT2D eigenvalue weighted by Gasteiger charge is -2.32. The molecule has 7 heteroatoms. The van der Waals surface area contributed by atoms with Gasteiger partial charge in [-0.2, -0.15) is 0 Å². The number of nitrogens with zero attached hydrogens (tertiary/aromatic N) is 4. The van der Waals surface area contributed by atoms with Crippen molar-refractivity contribution in [1.82, 2.24) is 19.0 Å². The van der Waals surface area contributed by atoms with Crippen LogP contribution in [0.15, 0.2) is 24.7 Å². The average Bonchev–Trinajstić information content (AvgIpc) is 3.19. The average molecular weight is 330 g/mol. The Hall–Kier alpha value is -2.57. The summed E-state index contributed by atoms with van der Waals surface area (Å²) in [4.78, 5) is 31.3. The summed E-state index contributed by atoms with van der Waals surface area (Å²) in [5.74, 6) is -0.910. The van der Waals surface area contributed by atoms with E-state index in [1.54, 1.807) is 28.8 Å². The second-order valence-corrected chi connectivity index (χ2v) is 5.86. The molecule has 0 spiro atoms. The van der Waals surface area contributed by atoms with Crippen molar-refractivity contribution >= 4 is 11.9 Å². The standard InChI is InChI=1S/C17H22N4O3/c1-4-20-11-18-13-10-21(16(22)14-7-6-8-19(14)3)9-12(15(13)20)17(23)24-5-2/h6-8,11-12H,4-5,9-10H2,1-3H3/t12-/m1/s1. The topological polar surface area (TPSA) is 69.4 Å². The number of esters is 1. The van der Waals surface area contributed by atoms with E-state index in [1.807, 2.05) is 30.8 Å². The van der Waals surface area contributed by atoms with Gasteiger partial charge < -0.3 is 18.8 Å². The minimum Gasteiger partial charge on any atom is -0.465 e. The molecule has 0 aliphatic carbocycles. The lowest BCUT2D eigenvalue weighted by molar-refractivity contribution is -0.145. The Bertz CT molecular complexity index is 762. The maximum absolute atomic E-state index is 12.8. The van der Waals surface area contributed by atoms with Gasteiger partial charge in [-0.15, -0.1) is 0 Å². The maximum atomic E-state index is 12.8. The quantitative estimate of drug-likeness (QED) is 0.798. The van der Waals surface area contributed by atoms with E-state index in [4.69, 9.17) is 4.74 Å². The molecule has 3 heterocycles. The minimum absolute atomic E-state index is 0.103. The Kier molecular flexibility index (Phi) is 4.42. The van der Waals surface area contributed by atoms with Crippen LogP contribution in [-0.2, 0) is 29.7 Å². The second-order valence-electron chi connectivity index (χ2n) is 5.86. The van der Waals surface area contributed by atoms with Gasteiger partial charge in [-0.1, -0.05) is 0 Å². The van der Waals surface area contributed by atoms with Gasteiger partial charge in [0.1, 0.15) is 11.6 Å². The first-order chi connectivity index (χ1) is 11.6. The number of amides is 1. The summed E-state index contributed by atoms with van der Waals surface area (Å²) in [6.45, 7) is 5.54. The Labute approximate surface area is 140 Å². The molecule has 0 bridgehead atoms. The van der Waals surface area contributed by atoms with Crippen LogP contribution >= 0.6 is 0 Å². The monoisotopic (exact) mass is 330 g/mol. The van der Waals surface area contributed by atoms with Crippen LogP contribution in [0.5, 0.6) is 0 Å². The van der Waals surface area contributed by atoms with E-state index >= 15 is 0 Å². The van der Waals surface area contributed by atoms with Crippen LogP contribution in [0, 0.1) is 0 Å². The molecule has 128 valence electrons. The summed E-state index contributed by atoms with van der Waals surface area (Å²) in [6, 6.07) is 3.61. The number of fused-ring (bicyclic) bond motifs is 1. The van der Waals surface area contributed by atoms with Crippen LogP contribution in [0.1, 0.15) is 41.6 Å². The van der Waals surface area contributed by atoms with E-state index in [1.165, 1.54) is 0 Å². The number of carbonyl (C=O) groups is 2.